The summed E-state index contributed by atoms with van der Waals surface area (Å²) >= 11 is 0. The molecule has 0 aliphatic heterocycles. The highest BCUT2D eigenvalue weighted by atomic mass is 16.5. The van der Waals surface area contributed by atoms with Crippen molar-refractivity contribution >= 4 is 10.8 Å². The summed E-state index contributed by atoms with van der Waals surface area (Å²) in [7, 11) is 1.59. The van der Waals surface area contributed by atoms with E-state index in [1.54, 1.807) is 11.8 Å². The van der Waals surface area contributed by atoms with Gasteiger partial charge in [-0.15, -0.1) is 5.10 Å². The molecule has 0 saturated heterocycles. The summed E-state index contributed by atoms with van der Waals surface area (Å²) in [6.07, 6.45) is 0. The number of hydrogen-bond donors (Lipinski definition) is 0. The van der Waals surface area contributed by atoms with Crippen molar-refractivity contribution in [3.63, 3.8) is 0 Å². The molecule has 0 aliphatic rings. The van der Waals surface area contributed by atoms with Gasteiger partial charge in [0.25, 0.3) is 0 Å². The van der Waals surface area contributed by atoms with Crippen molar-refractivity contribution < 1.29 is 4.74 Å². The molecule has 3 rings (SSSR count). The zero-order chi connectivity index (χ0) is 14.7. The maximum Gasteiger partial charge on any atom is 0.188 e. The van der Waals surface area contributed by atoms with Gasteiger partial charge in [0.2, 0.25) is 0 Å². The first-order valence-corrected chi connectivity index (χ1v) is 6.61. The van der Waals surface area contributed by atoms with Crippen molar-refractivity contribution in [1.29, 1.82) is 5.26 Å². The molecule has 0 spiro atoms. The summed E-state index contributed by atoms with van der Waals surface area (Å²) < 4.78 is 6.87. The highest BCUT2D eigenvalue weighted by Gasteiger charge is 2.13. The van der Waals surface area contributed by atoms with Crippen molar-refractivity contribution in [2.75, 3.05) is 7.11 Å². The Morgan fingerprint density at radius 1 is 1.19 bits per heavy atom. The molecular formula is C16H14N4O. The van der Waals surface area contributed by atoms with Crippen molar-refractivity contribution in [3.8, 4) is 6.07 Å². The molecule has 2 aromatic carbocycles. The monoisotopic (exact) mass is 278 g/mol. The lowest BCUT2D eigenvalue weighted by Gasteiger charge is -2.09. The zero-order valence-electron chi connectivity index (χ0n) is 11.7. The molecule has 0 radical (unpaired) electrons. The van der Waals surface area contributed by atoms with Crippen LogP contribution in [0.25, 0.3) is 10.8 Å². The van der Waals surface area contributed by atoms with Crippen LogP contribution in [-0.2, 0) is 17.9 Å². The van der Waals surface area contributed by atoms with Gasteiger partial charge in [-0.1, -0.05) is 47.7 Å². The van der Waals surface area contributed by atoms with Crippen LogP contribution in [0.4, 0.5) is 0 Å². The van der Waals surface area contributed by atoms with Gasteiger partial charge in [-0.05, 0) is 16.3 Å². The van der Waals surface area contributed by atoms with Gasteiger partial charge < -0.3 is 4.74 Å². The third-order valence-corrected chi connectivity index (χ3v) is 3.42. The third kappa shape index (κ3) is 2.49. The molecule has 21 heavy (non-hydrogen) atoms. The fourth-order valence-electron chi connectivity index (χ4n) is 2.42. The Labute approximate surface area is 122 Å². The van der Waals surface area contributed by atoms with Crippen molar-refractivity contribution in [2.24, 2.45) is 0 Å². The highest BCUT2D eigenvalue weighted by Crippen LogP contribution is 2.20. The second kappa shape index (κ2) is 5.73. The molecule has 0 aliphatic carbocycles. The number of nitriles is 1. The number of rotatable bonds is 4. The predicted molar refractivity (Wildman–Crippen MR) is 78.5 cm³/mol. The molecule has 5 nitrogen and oxygen atoms in total. The highest BCUT2D eigenvalue weighted by molar-refractivity contribution is 5.85. The number of ether oxygens (including phenoxy) is 1. The van der Waals surface area contributed by atoms with Crippen molar-refractivity contribution in [1.82, 2.24) is 15.0 Å². The summed E-state index contributed by atoms with van der Waals surface area (Å²) in [5.74, 6) is 0. The van der Waals surface area contributed by atoms with E-state index in [2.05, 4.69) is 34.6 Å². The zero-order valence-corrected chi connectivity index (χ0v) is 11.7. The third-order valence-electron chi connectivity index (χ3n) is 3.42. The number of methoxy groups -OCH3 is 1. The molecule has 0 fully saturated rings. The van der Waals surface area contributed by atoms with Crippen LogP contribution in [-0.4, -0.2) is 22.1 Å². The van der Waals surface area contributed by atoms with Gasteiger partial charge in [0.05, 0.1) is 13.2 Å². The first-order valence-electron chi connectivity index (χ1n) is 6.61. The van der Waals surface area contributed by atoms with E-state index in [-0.39, 0.29) is 0 Å². The topological polar surface area (TPSA) is 63.7 Å². The average molecular weight is 278 g/mol. The molecule has 0 saturated carbocycles. The van der Waals surface area contributed by atoms with Crippen molar-refractivity contribution in [3.05, 3.63) is 59.4 Å². The number of nitrogens with zero attached hydrogens (tertiary/aromatic N) is 4. The Morgan fingerprint density at radius 2 is 2.00 bits per heavy atom. The molecule has 0 N–H and O–H groups in total. The first kappa shape index (κ1) is 13.3. The number of fused-ring (bicyclic) bond motifs is 1. The minimum Gasteiger partial charge on any atom is -0.378 e. The largest absolute Gasteiger partial charge is 0.378 e. The van der Waals surface area contributed by atoms with Gasteiger partial charge in [0, 0.05) is 7.11 Å². The fourth-order valence-corrected chi connectivity index (χ4v) is 2.42. The predicted octanol–water partition coefficient (Wildman–Crippen LogP) is 2.50. The summed E-state index contributed by atoms with van der Waals surface area (Å²) in [6.45, 7) is 0.884. The van der Waals surface area contributed by atoms with E-state index in [0.29, 0.717) is 24.5 Å². The van der Waals surface area contributed by atoms with E-state index < -0.39 is 0 Å². The first-order chi connectivity index (χ1) is 10.3. The van der Waals surface area contributed by atoms with E-state index >= 15 is 0 Å². The van der Waals surface area contributed by atoms with Crippen LogP contribution in [0.15, 0.2) is 42.5 Å². The van der Waals surface area contributed by atoms with Gasteiger partial charge in [0.1, 0.15) is 11.8 Å². The molecule has 1 aromatic heterocycles. The van der Waals surface area contributed by atoms with E-state index in [9.17, 15) is 0 Å². The summed E-state index contributed by atoms with van der Waals surface area (Å²) in [5, 5.41) is 19.4. The van der Waals surface area contributed by atoms with Crippen LogP contribution in [0.1, 0.15) is 17.0 Å². The number of aromatic nitrogens is 3. The Balaban J connectivity index is 2.03. The second-order valence-electron chi connectivity index (χ2n) is 4.73. The maximum atomic E-state index is 9.07. The Hall–Kier alpha value is -2.71. The molecular weight excluding hydrogens is 264 g/mol. The summed E-state index contributed by atoms with van der Waals surface area (Å²) in [4.78, 5) is 0. The molecule has 104 valence electrons. The Kier molecular flexibility index (Phi) is 3.63. The molecule has 0 amide bonds. The minimum atomic E-state index is 0.317. The van der Waals surface area contributed by atoms with E-state index in [1.165, 1.54) is 10.8 Å². The lowest BCUT2D eigenvalue weighted by Crippen LogP contribution is -2.08. The average Bonchev–Trinajstić information content (AvgIpc) is 2.90. The number of benzene rings is 2. The second-order valence-corrected chi connectivity index (χ2v) is 4.73. The van der Waals surface area contributed by atoms with Crippen LogP contribution < -0.4 is 0 Å². The minimum absolute atomic E-state index is 0.317. The molecule has 3 aromatic rings. The Morgan fingerprint density at radius 3 is 2.81 bits per heavy atom. The molecule has 5 heteroatoms. The molecule has 1 heterocycles. The maximum absolute atomic E-state index is 9.07. The van der Waals surface area contributed by atoms with E-state index in [1.807, 2.05) is 24.3 Å². The molecule has 0 bridgehead atoms. The van der Waals surface area contributed by atoms with Gasteiger partial charge in [-0.3, -0.25) is 0 Å². The molecule has 0 atom stereocenters. The Bertz CT molecular complexity index is 811. The summed E-state index contributed by atoms with van der Waals surface area (Å²) in [5.41, 5.74) is 2.16. The molecule has 0 unspecified atom stereocenters. The number of hydrogen-bond acceptors (Lipinski definition) is 4. The van der Waals surface area contributed by atoms with Gasteiger partial charge in [-0.25, -0.2) is 4.68 Å². The van der Waals surface area contributed by atoms with Gasteiger partial charge >= 0.3 is 0 Å². The van der Waals surface area contributed by atoms with E-state index in [0.717, 1.165) is 5.56 Å². The van der Waals surface area contributed by atoms with Crippen LogP contribution in [0.2, 0.25) is 0 Å². The van der Waals surface area contributed by atoms with Crippen LogP contribution in [0.5, 0.6) is 0 Å². The van der Waals surface area contributed by atoms with Crippen LogP contribution in [0.3, 0.4) is 0 Å². The van der Waals surface area contributed by atoms with Crippen LogP contribution in [0, 0.1) is 11.3 Å². The van der Waals surface area contributed by atoms with Crippen LogP contribution >= 0.6 is 0 Å². The van der Waals surface area contributed by atoms with Gasteiger partial charge in [-0.2, -0.15) is 5.26 Å². The standard InChI is InChI=1S/C16H14N4O/c1-21-11-16-15(9-17)18-19-20(16)10-13-7-4-6-12-5-2-3-8-14(12)13/h2-8H,10-11H2,1H3. The quantitative estimate of drug-likeness (QED) is 0.735. The van der Waals surface area contributed by atoms with Crippen molar-refractivity contribution in [2.45, 2.75) is 13.2 Å². The van der Waals surface area contributed by atoms with E-state index in [4.69, 9.17) is 10.00 Å². The fraction of sp³-hybridized carbons (Fsp3) is 0.188. The van der Waals surface area contributed by atoms with Gasteiger partial charge in [0.15, 0.2) is 5.69 Å². The summed E-state index contributed by atoms with van der Waals surface area (Å²) in [6, 6.07) is 16.4. The SMILES string of the molecule is COCc1c(C#N)nnn1Cc1cccc2ccccc12. The lowest BCUT2D eigenvalue weighted by molar-refractivity contribution is 0.177. The lowest BCUT2D eigenvalue weighted by atomic mass is 10.0. The smallest absolute Gasteiger partial charge is 0.188 e. The normalized spacial score (nSPS) is 10.7.